The van der Waals surface area contributed by atoms with E-state index in [2.05, 4.69) is 4.98 Å². The van der Waals surface area contributed by atoms with Gasteiger partial charge < -0.3 is 5.11 Å². The van der Waals surface area contributed by atoms with Crippen LogP contribution in [0.15, 0.2) is 11.1 Å². The second-order valence-corrected chi connectivity index (χ2v) is 5.26. The predicted octanol–water partition coefficient (Wildman–Crippen LogP) is 1.80. The van der Waals surface area contributed by atoms with Gasteiger partial charge in [-0.2, -0.15) is 0 Å². The summed E-state index contributed by atoms with van der Waals surface area (Å²) < 4.78 is 1.38. The lowest BCUT2D eigenvalue weighted by atomic mass is 10.1. The molecule has 0 saturated carbocycles. The van der Waals surface area contributed by atoms with Crippen molar-refractivity contribution < 1.29 is 9.90 Å². The topological polar surface area (TPSA) is 72.2 Å². The third-order valence-corrected chi connectivity index (χ3v) is 3.96. The predicted molar refractivity (Wildman–Crippen MR) is 70.2 cm³/mol. The molecule has 2 heterocycles. The Balaban J connectivity index is 2.55. The Bertz CT molecular complexity index is 657. The molecule has 0 fully saturated rings. The molecule has 0 atom stereocenters. The smallest absolute Gasteiger partial charge is 0.305 e. The lowest BCUT2D eigenvalue weighted by Gasteiger charge is -2.03. The highest BCUT2D eigenvalue weighted by molar-refractivity contribution is 7.18. The lowest BCUT2D eigenvalue weighted by molar-refractivity contribution is -0.137. The van der Waals surface area contributed by atoms with E-state index >= 15 is 0 Å². The number of hydrogen-bond donors (Lipinski definition) is 1. The molecule has 2 aromatic heterocycles. The zero-order chi connectivity index (χ0) is 13.3. The van der Waals surface area contributed by atoms with E-state index in [4.69, 9.17) is 5.11 Å². The number of thiophene rings is 1. The van der Waals surface area contributed by atoms with E-state index in [1.807, 2.05) is 13.8 Å². The minimum Gasteiger partial charge on any atom is -0.481 e. The van der Waals surface area contributed by atoms with E-state index in [0.717, 1.165) is 21.7 Å². The highest BCUT2D eigenvalue weighted by Gasteiger charge is 2.14. The minimum absolute atomic E-state index is 0.0718. The Morgan fingerprint density at radius 3 is 2.89 bits per heavy atom. The Labute approximate surface area is 108 Å². The van der Waals surface area contributed by atoms with Crippen molar-refractivity contribution in [2.24, 2.45) is 0 Å². The third kappa shape index (κ3) is 2.15. The van der Waals surface area contributed by atoms with Crippen LogP contribution in [-0.2, 0) is 17.8 Å². The van der Waals surface area contributed by atoms with Crippen molar-refractivity contribution in [2.45, 2.75) is 33.2 Å². The van der Waals surface area contributed by atoms with Gasteiger partial charge in [0.15, 0.2) is 0 Å². The molecule has 1 N–H and O–H groups in total. The van der Waals surface area contributed by atoms with Crippen molar-refractivity contribution >= 4 is 27.5 Å². The van der Waals surface area contributed by atoms with E-state index in [9.17, 15) is 9.59 Å². The molecule has 0 saturated heterocycles. The Kier molecular flexibility index (Phi) is 3.47. The zero-order valence-corrected chi connectivity index (χ0v) is 11.1. The summed E-state index contributed by atoms with van der Waals surface area (Å²) in [6.07, 6.45) is 2.15. The summed E-state index contributed by atoms with van der Waals surface area (Å²) in [7, 11) is 0. The highest BCUT2D eigenvalue weighted by atomic mass is 32.1. The van der Waals surface area contributed by atoms with Gasteiger partial charge in [0.1, 0.15) is 4.83 Å². The van der Waals surface area contributed by atoms with Crippen LogP contribution >= 0.6 is 11.3 Å². The second kappa shape index (κ2) is 4.89. The number of carboxylic acids is 1. The normalized spacial score (nSPS) is 11.0. The number of hydrogen-bond acceptors (Lipinski definition) is 4. The van der Waals surface area contributed by atoms with Crippen molar-refractivity contribution in [3.05, 3.63) is 27.1 Å². The summed E-state index contributed by atoms with van der Waals surface area (Å²) in [6.45, 7) is 4.14. The summed E-state index contributed by atoms with van der Waals surface area (Å²) in [6, 6.07) is 0. The molecule has 0 radical (unpaired) electrons. The average molecular weight is 266 g/mol. The van der Waals surface area contributed by atoms with Gasteiger partial charge in [-0.1, -0.05) is 6.92 Å². The van der Waals surface area contributed by atoms with Crippen LogP contribution < -0.4 is 5.56 Å². The molecular formula is C12H14N2O3S. The lowest BCUT2D eigenvalue weighted by Crippen LogP contribution is -2.22. The molecule has 0 bridgehead atoms. The SMILES string of the molecule is CCc1c(C)sc2ncn(CCC(=O)O)c(=O)c12. The minimum atomic E-state index is -0.917. The van der Waals surface area contributed by atoms with Gasteiger partial charge in [-0.25, -0.2) is 4.98 Å². The first kappa shape index (κ1) is 12.8. The Morgan fingerprint density at radius 2 is 2.28 bits per heavy atom. The van der Waals surface area contributed by atoms with Crippen LogP contribution in [0.2, 0.25) is 0 Å². The van der Waals surface area contributed by atoms with Gasteiger partial charge in [0, 0.05) is 11.4 Å². The van der Waals surface area contributed by atoms with Gasteiger partial charge >= 0.3 is 5.97 Å². The van der Waals surface area contributed by atoms with Gasteiger partial charge in [-0.15, -0.1) is 11.3 Å². The maximum absolute atomic E-state index is 12.3. The standard InChI is InChI=1S/C12H14N2O3S/c1-3-8-7(2)18-11-10(8)12(17)14(6-13-11)5-4-9(15)16/h6H,3-5H2,1-2H3,(H,15,16). The molecule has 0 amide bonds. The fraction of sp³-hybridized carbons (Fsp3) is 0.417. The van der Waals surface area contributed by atoms with Crippen molar-refractivity contribution in [1.29, 1.82) is 0 Å². The second-order valence-electron chi connectivity index (χ2n) is 4.06. The monoisotopic (exact) mass is 266 g/mol. The number of aliphatic carboxylic acids is 1. The van der Waals surface area contributed by atoms with E-state index in [-0.39, 0.29) is 18.5 Å². The van der Waals surface area contributed by atoms with Gasteiger partial charge in [-0.05, 0) is 18.9 Å². The maximum Gasteiger partial charge on any atom is 0.305 e. The van der Waals surface area contributed by atoms with Gasteiger partial charge in [-0.3, -0.25) is 14.2 Å². The van der Waals surface area contributed by atoms with Gasteiger partial charge in [0.25, 0.3) is 5.56 Å². The molecule has 0 aromatic carbocycles. The van der Waals surface area contributed by atoms with Crippen molar-refractivity contribution in [2.75, 3.05) is 0 Å². The summed E-state index contributed by atoms with van der Waals surface area (Å²) in [5, 5.41) is 9.30. The van der Waals surface area contributed by atoms with E-state index in [1.165, 1.54) is 22.2 Å². The zero-order valence-electron chi connectivity index (χ0n) is 10.3. The molecular weight excluding hydrogens is 252 g/mol. The van der Waals surface area contributed by atoms with Crippen molar-refractivity contribution in [1.82, 2.24) is 9.55 Å². The number of aryl methyl sites for hydroxylation is 3. The number of nitrogens with zero attached hydrogens (tertiary/aromatic N) is 2. The average Bonchev–Trinajstić information content (AvgIpc) is 2.64. The number of aromatic nitrogens is 2. The molecule has 6 heteroatoms. The fourth-order valence-electron chi connectivity index (χ4n) is 1.99. The van der Waals surface area contributed by atoms with Crippen LogP contribution in [-0.4, -0.2) is 20.6 Å². The molecule has 18 heavy (non-hydrogen) atoms. The van der Waals surface area contributed by atoms with E-state index in [1.54, 1.807) is 0 Å². The first-order valence-corrected chi connectivity index (χ1v) is 6.55. The molecule has 96 valence electrons. The van der Waals surface area contributed by atoms with Crippen molar-refractivity contribution in [3.63, 3.8) is 0 Å². The van der Waals surface area contributed by atoms with Crippen molar-refractivity contribution in [3.8, 4) is 0 Å². The first-order valence-electron chi connectivity index (χ1n) is 5.73. The Hall–Kier alpha value is -1.69. The number of carboxylic acid groups (broad SMARTS) is 1. The van der Waals surface area contributed by atoms with Gasteiger partial charge in [0.05, 0.1) is 18.1 Å². The largest absolute Gasteiger partial charge is 0.481 e. The molecule has 0 spiro atoms. The molecule has 2 aromatic rings. The number of rotatable bonds is 4. The molecule has 0 aliphatic carbocycles. The Morgan fingerprint density at radius 1 is 1.56 bits per heavy atom. The fourth-order valence-corrected chi connectivity index (χ4v) is 3.07. The number of fused-ring (bicyclic) bond motifs is 1. The highest BCUT2D eigenvalue weighted by Crippen LogP contribution is 2.26. The third-order valence-electron chi connectivity index (χ3n) is 2.90. The van der Waals surface area contributed by atoms with Crippen LogP contribution in [0.1, 0.15) is 23.8 Å². The first-order chi connectivity index (χ1) is 8.54. The summed E-state index contributed by atoms with van der Waals surface area (Å²) in [5.41, 5.74) is 0.889. The van der Waals surface area contributed by atoms with Crippen LogP contribution in [0.5, 0.6) is 0 Å². The van der Waals surface area contributed by atoms with E-state index < -0.39 is 5.97 Å². The van der Waals surface area contributed by atoms with Crippen LogP contribution in [0, 0.1) is 6.92 Å². The molecule has 2 rings (SSSR count). The molecule has 0 aliphatic rings. The molecule has 0 aliphatic heterocycles. The van der Waals surface area contributed by atoms with Gasteiger partial charge in [0.2, 0.25) is 0 Å². The maximum atomic E-state index is 12.3. The molecule has 0 unspecified atom stereocenters. The summed E-state index contributed by atoms with van der Waals surface area (Å²) >= 11 is 1.51. The summed E-state index contributed by atoms with van der Waals surface area (Å²) in [5.74, 6) is -0.917. The van der Waals surface area contributed by atoms with E-state index in [0.29, 0.717) is 5.39 Å². The molecule has 5 nitrogen and oxygen atoms in total. The summed E-state index contributed by atoms with van der Waals surface area (Å²) in [4.78, 5) is 28.9. The van der Waals surface area contributed by atoms with Crippen LogP contribution in [0.4, 0.5) is 0 Å². The van der Waals surface area contributed by atoms with Crippen LogP contribution in [0.25, 0.3) is 10.2 Å². The van der Waals surface area contributed by atoms with Crippen LogP contribution in [0.3, 0.4) is 0 Å². The quantitative estimate of drug-likeness (QED) is 0.916. The number of carbonyl (C=O) groups is 1.